The average molecular weight is 243 g/mol. The number of hydrogen-bond acceptors (Lipinski definition) is 3. The van der Waals surface area contributed by atoms with Crippen LogP contribution in [0.3, 0.4) is 0 Å². The third-order valence-electron chi connectivity index (χ3n) is 3.50. The van der Waals surface area contributed by atoms with Crippen molar-refractivity contribution in [3.8, 4) is 11.5 Å². The lowest BCUT2D eigenvalue weighted by Gasteiger charge is -2.16. The first kappa shape index (κ1) is 11.0. The summed E-state index contributed by atoms with van der Waals surface area (Å²) in [5, 5.41) is 9.03. The van der Waals surface area contributed by atoms with E-state index in [0.717, 1.165) is 24.0 Å². The van der Waals surface area contributed by atoms with E-state index in [9.17, 15) is 4.79 Å². The van der Waals surface area contributed by atoms with Crippen molar-refractivity contribution in [3.05, 3.63) is 42.3 Å². The smallest absolute Gasteiger partial charge is 0.304 e. The largest absolute Gasteiger partial charge is 0.481 e. The number of carboxylic acids is 1. The van der Waals surface area contributed by atoms with Gasteiger partial charge in [0.05, 0.1) is 12.6 Å². The molecule has 0 aliphatic heterocycles. The molecule has 1 aliphatic carbocycles. The topological polar surface area (TPSA) is 63.3 Å². The summed E-state index contributed by atoms with van der Waals surface area (Å²) in [5.74, 6) is -0.197. The van der Waals surface area contributed by atoms with Gasteiger partial charge in [-0.15, -0.1) is 0 Å². The Morgan fingerprint density at radius 3 is 2.78 bits per heavy atom. The maximum atomic E-state index is 11.0. The summed E-state index contributed by atoms with van der Waals surface area (Å²) in [4.78, 5) is 15.1. The Bertz CT molecular complexity index is 570. The molecule has 0 bridgehead atoms. The summed E-state index contributed by atoms with van der Waals surface area (Å²) in [6, 6.07) is 7.77. The van der Waals surface area contributed by atoms with Gasteiger partial charge in [0, 0.05) is 11.0 Å². The molecule has 4 heteroatoms. The lowest BCUT2D eigenvalue weighted by atomic mass is 9.88. The van der Waals surface area contributed by atoms with Gasteiger partial charge < -0.3 is 9.52 Å². The highest BCUT2D eigenvalue weighted by Crippen LogP contribution is 2.53. The van der Waals surface area contributed by atoms with Gasteiger partial charge in [0.25, 0.3) is 0 Å². The maximum Gasteiger partial charge on any atom is 0.304 e. The van der Waals surface area contributed by atoms with Gasteiger partial charge in [0.2, 0.25) is 5.89 Å². The van der Waals surface area contributed by atoms with Crippen LogP contribution in [-0.4, -0.2) is 16.1 Å². The minimum Gasteiger partial charge on any atom is -0.481 e. The van der Waals surface area contributed by atoms with Crippen molar-refractivity contribution in [1.82, 2.24) is 4.98 Å². The van der Waals surface area contributed by atoms with E-state index in [-0.39, 0.29) is 11.8 Å². The molecular formula is C14H13NO3. The highest BCUT2D eigenvalue weighted by Gasteiger charge is 2.47. The summed E-state index contributed by atoms with van der Waals surface area (Å²) in [5.41, 5.74) is 1.72. The molecule has 18 heavy (non-hydrogen) atoms. The van der Waals surface area contributed by atoms with Gasteiger partial charge in [-0.2, -0.15) is 0 Å². The zero-order valence-corrected chi connectivity index (χ0v) is 9.80. The Labute approximate surface area is 104 Å². The number of aliphatic carboxylic acids is 1. The van der Waals surface area contributed by atoms with Crippen molar-refractivity contribution in [3.63, 3.8) is 0 Å². The van der Waals surface area contributed by atoms with Crippen LogP contribution in [0.15, 0.2) is 41.1 Å². The summed E-state index contributed by atoms with van der Waals surface area (Å²) in [6.45, 7) is 0. The average Bonchev–Trinajstić information content (AvgIpc) is 2.93. The van der Waals surface area contributed by atoms with Gasteiger partial charge >= 0.3 is 5.97 Å². The highest BCUT2D eigenvalue weighted by molar-refractivity contribution is 5.72. The number of carbonyl (C=O) groups is 1. The summed E-state index contributed by atoms with van der Waals surface area (Å²) in [7, 11) is 0. The van der Waals surface area contributed by atoms with E-state index < -0.39 is 5.97 Å². The van der Waals surface area contributed by atoms with Gasteiger partial charge in [-0.1, -0.05) is 18.2 Å². The molecule has 1 heterocycles. The molecule has 1 aliphatic rings. The molecule has 0 amide bonds. The van der Waals surface area contributed by atoms with Crippen LogP contribution in [0.4, 0.5) is 0 Å². The lowest BCUT2D eigenvalue weighted by molar-refractivity contribution is -0.137. The van der Waals surface area contributed by atoms with E-state index in [1.54, 1.807) is 6.20 Å². The van der Waals surface area contributed by atoms with Gasteiger partial charge in [-0.3, -0.25) is 4.79 Å². The molecule has 92 valence electrons. The Morgan fingerprint density at radius 2 is 2.17 bits per heavy atom. The second-order valence-corrected chi connectivity index (χ2v) is 4.73. The van der Waals surface area contributed by atoms with Crippen molar-refractivity contribution in [2.75, 3.05) is 0 Å². The third-order valence-corrected chi connectivity index (χ3v) is 3.50. The molecule has 0 spiro atoms. The van der Waals surface area contributed by atoms with Crippen LogP contribution in [0.25, 0.3) is 11.5 Å². The quantitative estimate of drug-likeness (QED) is 0.896. The first-order valence-corrected chi connectivity index (χ1v) is 5.92. The number of nitrogens with zero attached hydrogens (tertiary/aromatic N) is 1. The molecule has 0 saturated heterocycles. The Kier molecular flexibility index (Phi) is 2.44. The number of rotatable bonds is 4. The van der Waals surface area contributed by atoms with Crippen molar-refractivity contribution < 1.29 is 14.3 Å². The van der Waals surface area contributed by atoms with Gasteiger partial charge in [0.1, 0.15) is 6.26 Å². The van der Waals surface area contributed by atoms with Gasteiger partial charge in [0.15, 0.2) is 0 Å². The molecule has 0 radical (unpaired) electrons. The van der Waals surface area contributed by atoms with Gasteiger partial charge in [-0.25, -0.2) is 4.98 Å². The molecule has 3 rings (SSSR count). The zero-order chi connectivity index (χ0) is 12.6. The molecular weight excluding hydrogens is 230 g/mol. The monoisotopic (exact) mass is 243 g/mol. The minimum atomic E-state index is -0.755. The second kappa shape index (κ2) is 3.98. The fourth-order valence-corrected chi connectivity index (χ4v) is 2.47. The van der Waals surface area contributed by atoms with E-state index >= 15 is 0 Å². The van der Waals surface area contributed by atoms with Crippen LogP contribution in [0.1, 0.15) is 24.8 Å². The van der Waals surface area contributed by atoms with Crippen LogP contribution in [0.5, 0.6) is 0 Å². The summed E-state index contributed by atoms with van der Waals surface area (Å²) < 4.78 is 5.33. The van der Waals surface area contributed by atoms with Crippen LogP contribution >= 0.6 is 0 Å². The number of carboxylic acid groups (broad SMARTS) is 1. The Hall–Kier alpha value is -2.10. The van der Waals surface area contributed by atoms with Crippen LogP contribution < -0.4 is 0 Å². The second-order valence-electron chi connectivity index (χ2n) is 4.73. The predicted molar refractivity (Wildman–Crippen MR) is 65.1 cm³/mol. The number of oxazole rings is 1. The van der Waals surface area contributed by atoms with E-state index in [4.69, 9.17) is 9.52 Å². The number of benzene rings is 1. The number of hydrogen-bond donors (Lipinski definition) is 1. The molecule has 2 aromatic rings. The molecule has 1 saturated carbocycles. The van der Waals surface area contributed by atoms with Crippen LogP contribution in [-0.2, 0) is 10.2 Å². The van der Waals surface area contributed by atoms with E-state index in [1.807, 2.05) is 24.3 Å². The first-order chi connectivity index (χ1) is 8.71. The molecule has 1 fully saturated rings. The summed E-state index contributed by atoms with van der Waals surface area (Å²) in [6.07, 6.45) is 5.13. The zero-order valence-electron chi connectivity index (χ0n) is 9.80. The maximum absolute atomic E-state index is 11.0. The van der Waals surface area contributed by atoms with E-state index in [1.165, 1.54) is 6.26 Å². The molecule has 1 aromatic heterocycles. The van der Waals surface area contributed by atoms with Gasteiger partial charge in [-0.05, 0) is 24.5 Å². The normalized spacial score (nSPS) is 16.4. The molecule has 4 nitrogen and oxygen atoms in total. The van der Waals surface area contributed by atoms with E-state index in [0.29, 0.717) is 5.89 Å². The fourth-order valence-electron chi connectivity index (χ4n) is 2.47. The van der Waals surface area contributed by atoms with Crippen LogP contribution in [0, 0.1) is 0 Å². The standard InChI is InChI=1S/C14H13NO3/c16-12(17)9-14(5-6-14)11-4-2-1-3-10(11)13-15-7-8-18-13/h1-4,7-8H,5-6,9H2,(H,16,17). The number of aromatic nitrogens is 1. The molecule has 0 unspecified atom stereocenters. The fraction of sp³-hybridized carbons (Fsp3) is 0.286. The Balaban J connectivity index is 2.05. The SMILES string of the molecule is O=C(O)CC1(c2ccccc2-c2ncco2)CC1. The van der Waals surface area contributed by atoms with Crippen molar-refractivity contribution in [2.24, 2.45) is 0 Å². The van der Waals surface area contributed by atoms with E-state index in [2.05, 4.69) is 4.98 Å². The Morgan fingerprint density at radius 1 is 1.39 bits per heavy atom. The van der Waals surface area contributed by atoms with Crippen molar-refractivity contribution >= 4 is 5.97 Å². The van der Waals surface area contributed by atoms with Crippen LogP contribution in [0.2, 0.25) is 0 Å². The third kappa shape index (κ3) is 1.79. The summed E-state index contributed by atoms with van der Waals surface area (Å²) >= 11 is 0. The predicted octanol–water partition coefficient (Wildman–Crippen LogP) is 2.85. The molecule has 1 N–H and O–H groups in total. The molecule has 1 aromatic carbocycles. The minimum absolute atomic E-state index is 0.171. The highest BCUT2D eigenvalue weighted by atomic mass is 16.4. The van der Waals surface area contributed by atoms with Crippen molar-refractivity contribution in [2.45, 2.75) is 24.7 Å². The van der Waals surface area contributed by atoms with Crippen molar-refractivity contribution in [1.29, 1.82) is 0 Å². The molecule has 0 atom stereocenters. The first-order valence-electron chi connectivity index (χ1n) is 5.92. The lowest BCUT2D eigenvalue weighted by Crippen LogP contribution is -2.14.